The number of amidine groups is 1. The topological polar surface area (TPSA) is 100 Å². The van der Waals surface area contributed by atoms with Crippen molar-refractivity contribution < 1.29 is 14.4 Å². The van der Waals surface area contributed by atoms with Crippen LogP contribution in [0, 0.1) is 5.21 Å². The number of hydrogen-bond donors (Lipinski definition) is 2. The lowest BCUT2D eigenvalue weighted by Gasteiger charge is -2.04. The van der Waals surface area contributed by atoms with Crippen LogP contribution >= 0.6 is 0 Å². The summed E-state index contributed by atoms with van der Waals surface area (Å²) < 4.78 is 2.68. The van der Waals surface area contributed by atoms with Gasteiger partial charge in [0.25, 0.3) is 0 Å². The largest absolute Gasteiger partial charge is 0.618 e. The van der Waals surface area contributed by atoms with Gasteiger partial charge in [-0.25, -0.2) is 4.57 Å². The van der Waals surface area contributed by atoms with Gasteiger partial charge >= 0.3 is 0 Å². The summed E-state index contributed by atoms with van der Waals surface area (Å²) in [5, 5.41) is 32.6. The first kappa shape index (κ1) is 17.5. The number of hydrazone groups is 1. The standard InChI is InChI=1S/C16H20N6O2/c1-3-16-12-15(6-9-22(16)24)20-18-13(2)17-19-14-4-7-21(8-5-14)10-11-23/h4-9,12,23H,3,10-11H2,1-2H3/p+1. The Kier molecular flexibility index (Phi) is 6.32. The van der Waals surface area contributed by atoms with E-state index in [9.17, 15) is 5.21 Å². The first-order valence-corrected chi connectivity index (χ1v) is 7.66. The van der Waals surface area contributed by atoms with Crippen molar-refractivity contribution in [3.05, 3.63) is 53.8 Å². The van der Waals surface area contributed by atoms with Crippen LogP contribution in [0.15, 0.2) is 58.2 Å². The van der Waals surface area contributed by atoms with Gasteiger partial charge in [-0.1, -0.05) is 6.92 Å². The molecule has 126 valence electrons. The summed E-state index contributed by atoms with van der Waals surface area (Å²) >= 11 is 0. The zero-order valence-electron chi connectivity index (χ0n) is 13.8. The van der Waals surface area contributed by atoms with E-state index in [1.54, 1.807) is 31.2 Å². The number of aryl methyl sites for hydroxylation is 1. The maximum atomic E-state index is 11.5. The summed E-state index contributed by atoms with van der Waals surface area (Å²) in [5.41, 5.74) is 4.93. The van der Waals surface area contributed by atoms with E-state index in [-0.39, 0.29) is 6.61 Å². The average molecular weight is 329 g/mol. The lowest BCUT2D eigenvalue weighted by Crippen LogP contribution is -2.34. The molecule has 2 rings (SSSR count). The molecule has 0 unspecified atom stereocenters. The summed E-state index contributed by atoms with van der Waals surface area (Å²) in [6.45, 7) is 4.28. The van der Waals surface area contributed by atoms with Gasteiger partial charge in [0.05, 0.1) is 11.4 Å². The highest BCUT2D eigenvalue weighted by molar-refractivity contribution is 5.80. The Morgan fingerprint density at radius 1 is 1.25 bits per heavy atom. The zero-order chi connectivity index (χ0) is 17.4. The first-order chi connectivity index (χ1) is 11.6. The Labute approximate surface area is 140 Å². The normalized spacial score (nSPS) is 11.9. The van der Waals surface area contributed by atoms with Gasteiger partial charge in [0, 0.05) is 30.7 Å². The van der Waals surface area contributed by atoms with E-state index in [1.807, 2.05) is 23.9 Å². The maximum absolute atomic E-state index is 11.5. The van der Waals surface area contributed by atoms with E-state index in [0.29, 0.717) is 30.2 Å². The minimum atomic E-state index is 0.0918. The molecule has 8 nitrogen and oxygen atoms in total. The molecule has 2 aromatic heterocycles. The molecular weight excluding hydrogens is 308 g/mol. The lowest BCUT2D eigenvalue weighted by atomic mass is 10.3. The predicted molar refractivity (Wildman–Crippen MR) is 89.8 cm³/mol. The van der Waals surface area contributed by atoms with Gasteiger partial charge in [-0.3, -0.25) is 5.43 Å². The molecular formula is C16H21N6O2+. The third-order valence-corrected chi connectivity index (χ3v) is 3.25. The number of aliphatic hydroxyl groups is 1. The number of aliphatic hydroxyl groups excluding tert-OH is 1. The SMILES string of the molecule is CCc1cc(NN=C(C)N=Nc2cc[n+](CCO)cc2)cc[n+]1[O-]. The second kappa shape index (κ2) is 8.68. The number of azo groups is 1. The molecule has 0 bridgehead atoms. The van der Waals surface area contributed by atoms with Crippen LogP contribution < -0.4 is 14.7 Å². The van der Waals surface area contributed by atoms with Gasteiger partial charge in [0.2, 0.25) is 0 Å². The highest BCUT2D eigenvalue weighted by Crippen LogP contribution is 2.10. The van der Waals surface area contributed by atoms with Crippen molar-refractivity contribution in [2.45, 2.75) is 26.8 Å². The van der Waals surface area contributed by atoms with Gasteiger partial charge < -0.3 is 10.3 Å². The number of hydrogen-bond acceptors (Lipinski definition) is 5. The third-order valence-electron chi connectivity index (χ3n) is 3.25. The highest BCUT2D eigenvalue weighted by atomic mass is 16.5. The third kappa shape index (κ3) is 5.10. The smallest absolute Gasteiger partial charge is 0.194 e. The Bertz CT molecular complexity index is 728. The van der Waals surface area contributed by atoms with Crippen molar-refractivity contribution in [1.82, 2.24) is 0 Å². The van der Waals surface area contributed by atoms with Crippen molar-refractivity contribution in [3.8, 4) is 0 Å². The van der Waals surface area contributed by atoms with Crippen LogP contribution in [0.2, 0.25) is 0 Å². The minimum Gasteiger partial charge on any atom is -0.618 e. The van der Waals surface area contributed by atoms with Crippen LogP contribution in [-0.4, -0.2) is 17.5 Å². The Hall–Kier alpha value is -2.87. The number of rotatable bonds is 6. The summed E-state index contributed by atoms with van der Waals surface area (Å²) in [5.74, 6) is 0.457. The van der Waals surface area contributed by atoms with Gasteiger partial charge in [0.1, 0.15) is 6.61 Å². The van der Waals surface area contributed by atoms with Crippen LogP contribution in [0.1, 0.15) is 19.5 Å². The summed E-state index contributed by atoms with van der Waals surface area (Å²) in [7, 11) is 0. The second-order valence-corrected chi connectivity index (χ2v) is 5.07. The molecule has 0 saturated carbocycles. The fourth-order valence-electron chi connectivity index (χ4n) is 1.94. The second-order valence-electron chi connectivity index (χ2n) is 5.07. The monoisotopic (exact) mass is 329 g/mol. The quantitative estimate of drug-likeness (QED) is 0.211. The molecule has 8 heteroatoms. The molecule has 0 aliphatic carbocycles. The molecule has 0 radical (unpaired) electrons. The number of anilines is 1. The number of nitrogens with one attached hydrogen (secondary N) is 1. The molecule has 0 aliphatic heterocycles. The van der Waals surface area contributed by atoms with Crippen molar-refractivity contribution in [1.29, 1.82) is 0 Å². The minimum absolute atomic E-state index is 0.0918. The van der Waals surface area contributed by atoms with E-state index >= 15 is 0 Å². The summed E-state index contributed by atoms with van der Waals surface area (Å²) in [4.78, 5) is 0. The van der Waals surface area contributed by atoms with Gasteiger partial charge in [0.15, 0.2) is 36.7 Å². The number of pyridine rings is 2. The molecule has 0 atom stereocenters. The first-order valence-electron chi connectivity index (χ1n) is 7.66. The molecule has 2 aromatic rings. The molecule has 2 N–H and O–H groups in total. The van der Waals surface area contributed by atoms with E-state index in [0.717, 1.165) is 10.4 Å². The molecule has 0 aliphatic rings. The van der Waals surface area contributed by atoms with E-state index < -0.39 is 0 Å². The van der Waals surface area contributed by atoms with E-state index in [2.05, 4.69) is 20.8 Å². The van der Waals surface area contributed by atoms with Crippen LogP contribution in [0.5, 0.6) is 0 Å². The number of nitrogens with zero attached hydrogens (tertiary/aromatic N) is 5. The molecule has 0 saturated heterocycles. The van der Waals surface area contributed by atoms with Crippen molar-refractivity contribution in [2.75, 3.05) is 12.0 Å². The molecule has 0 spiro atoms. The number of aromatic nitrogens is 2. The van der Waals surface area contributed by atoms with Crippen LogP contribution in [0.4, 0.5) is 11.4 Å². The van der Waals surface area contributed by atoms with Crippen molar-refractivity contribution in [2.24, 2.45) is 15.3 Å². The Morgan fingerprint density at radius 2 is 2.00 bits per heavy atom. The van der Waals surface area contributed by atoms with Crippen LogP contribution in [-0.2, 0) is 13.0 Å². The predicted octanol–water partition coefficient (Wildman–Crippen LogP) is 1.69. The maximum Gasteiger partial charge on any atom is 0.194 e. The Balaban J connectivity index is 1.98. The molecule has 24 heavy (non-hydrogen) atoms. The van der Waals surface area contributed by atoms with E-state index in [1.165, 1.54) is 6.20 Å². The average Bonchev–Trinajstić information content (AvgIpc) is 2.60. The highest BCUT2D eigenvalue weighted by Gasteiger charge is 2.03. The fourth-order valence-corrected chi connectivity index (χ4v) is 1.94. The molecule has 0 fully saturated rings. The van der Waals surface area contributed by atoms with Crippen LogP contribution in [0.3, 0.4) is 0 Å². The van der Waals surface area contributed by atoms with Gasteiger partial charge in [-0.2, -0.15) is 9.83 Å². The van der Waals surface area contributed by atoms with Crippen molar-refractivity contribution >= 4 is 17.2 Å². The Morgan fingerprint density at radius 3 is 2.67 bits per heavy atom. The van der Waals surface area contributed by atoms with Gasteiger partial charge in [-0.05, 0) is 6.92 Å². The van der Waals surface area contributed by atoms with Crippen molar-refractivity contribution in [3.63, 3.8) is 0 Å². The van der Waals surface area contributed by atoms with E-state index in [4.69, 9.17) is 5.11 Å². The van der Waals surface area contributed by atoms with Gasteiger partial charge in [-0.15, -0.1) is 10.2 Å². The summed E-state index contributed by atoms with van der Waals surface area (Å²) in [6.07, 6.45) is 5.73. The zero-order valence-corrected chi connectivity index (χ0v) is 13.8. The fraction of sp³-hybridized carbons (Fsp3) is 0.312. The summed E-state index contributed by atoms with van der Waals surface area (Å²) in [6, 6.07) is 7.00. The molecule has 2 heterocycles. The molecule has 0 aromatic carbocycles. The lowest BCUT2D eigenvalue weighted by molar-refractivity contribution is -0.698. The molecule has 0 amide bonds. The van der Waals surface area contributed by atoms with Crippen LogP contribution in [0.25, 0.3) is 0 Å².